The molecule has 0 bridgehead atoms. The molecule has 1 amide bonds. The molecule has 1 aliphatic heterocycles. The monoisotopic (exact) mass is 313 g/mol. The van der Waals surface area contributed by atoms with E-state index < -0.39 is 5.41 Å². The summed E-state index contributed by atoms with van der Waals surface area (Å²) >= 11 is 5.92. The lowest BCUT2D eigenvalue weighted by atomic mass is 9.89. The van der Waals surface area contributed by atoms with Gasteiger partial charge in [-0.25, -0.2) is 0 Å². The van der Waals surface area contributed by atoms with E-state index in [0.717, 1.165) is 12.8 Å². The number of anilines is 1. The Morgan fingerprint density at radius 2 is 2.24 bits per heavy atom. The number of hydrogen-bond acceptors (Lipinski definition) is 6. The number of halogens is 1. The second kappa shape index (κ2) is 6.43. The minimum Gasteiger partial charge on any atom is -0.463 e. The Hall–Kier alpha value is -1.63. The second-order valence-corrected chi connectivity index (χ2v) is 5.68. The van der Waals surface area contributed by atoms with Gasteiger partial charge >= 0.3 is 6.01 Å². The summed E-state index contributed by atoms with van der Waals surface area (Å²) in [5, 5.41) is 2.80. The Kier molecular flexibility index (Phi) is 4.82. The van der Waals surface area contributed by atoms with Crippen LogP contribution in [-0.2, 0) is 4.79 Å². The molecule has 0 aliphatic carbocycles. The fourth-order valence-electron chi connectivity index (χ4n) is 2.34. The molecule has 1 fully saturated rings. The van der Waals surface area contributed by atoms with Gasteiger partial charge in [-0.1, -0.05) is 6.92 Å². The molecule has 0 spiro atoms. The molecule has 1 saturated heterocycles. The average molecular weight is 314 g/mol. The topological polar surface area (TPSA) is 80.2 Å². The summed E-state index contributed by atoms with van der Waals surface area (Å²) in [6.07, 6.45) is 1.60. The van der Waals surface area contributed by atoms with Crippen LogP contribution in [0.1, 0.15) is 26.7 Å². The van der Waals surface area contributed by atoms with Crippen LogP contribution in [0.2, 0.25) is 5.28 Å². The first kappa shape index (κ1) is 15.8. The third-order valence-electron chi connectivity index (χ3n) is 3.54. The van der Waals surface area contributed by atoms with Crippen molar-refractivity contribution in [1.29, 1.82) is 0 Å². The molecule has 2 heterocycles. The van der Waals surface area contributed by atoms with Gasteiger partial charge < -0.3 is 15.0 Å². The molecule has 116 valence electrons. The molecule has 1 atom stereocenters. The highest BCUT2D eigenvalue weighted by Crippen LogP contribution is 2.32. The maximum Gasteiger partial charge on any atom is 0.322 e. The van der Waals surface area contributed by atoms with Gasteiger partial charge in [-0.3, -0.25) is 4.79 Å². The Morgan fingerprint density at radius 1 is 1.48 bits per heavy atom. The van der Waals surface area contributed by atoms with Gasteiger partial charge in [0.2, 0.25) is 17.1 Å². The zero-order valence-electron chi connectivity index (χ0n) is 12.5. The lowest BCUT2D eigenvalue weighted by molar-refractivity contribution is -0.128. The van der Waals surface area contributed by atoms with Crippen molar-refractivity contribution in [2.24, 2.45) is 5.41 Å². The van der Waals surface area contributed by atoms with E-state index >= 15 is 0 Å². The lowest BCUT2D eigenvalue weighted by Crippen LogP contribution is -2.39. The van der Waals surface area contributed by atoms with Crippen molar-refractivity contribution in [2.75, 3.05) is 31.6 Å². The van der Waals surface area contributed by atoms with Gasteiger partial charge in [0.25, 0.3) is 0 Å². The largest absolute Gasteiger partial charge is 0.463 e. The molecular weight excluding hydrogens is 294 g/mol. The van der Waals surface area contributed by atoms with E-state index in [1.54, 1.807) is 7.05 Å². The molecule has 0 saturated carbocycles. The van der Waals surface area contributed by atoms with Crippen LogP contribution in [0.3, 0.4) is 0 Å². The Bertz CT molecular complexity index is 527. The maximum absolute atomic E-state index is 11.9. The molecule has 1 aromatic rings. The first-order valence-corrected chi connectivity index (χ1v) is 7.38. The van der Waals surface area contributed by atoms with Crippen LogP contribution in [0, 0.1) is 5.41 Å². The Labute approximate surface area is 129 Å². The molecule has 0 radical (unpaired) electrons. The number of carbonyl (C=O) groups excluding carboxylic acids is 1. The summed E-state index contributed by atoms with van der Waals surface area (Å²) in [5.74, 6) is 0.473. The summed E-state index contributed by atoms with van der Waals surface area (Å²) < 4.78 is 5.40. The maximum atomic E-state index is 11.9. The smallest absolute Gasteiger partial charge is 0.322 e. The van der Waals surface area contributed by atoms with Crippen LogP contribution in [0.15, 0.2) is 0 Å². The molecule has 2 rings (SSSR count). The normalized spacial score (nSPS) is 21.4. The number of rotatable bonds is 5. The molecule has 8 heteroatoms. The van der Waals surface area contributed by atoms with E-state index in [9.17, 15) is 4.79 Å². The minimum atomic E-state index is -0.446. The van der Waals surface area contributed by atoms with Gasteiger partial charge in [0.1, 0.15) is 0 Å². The number of hydrogen-bond donors (Lipinski definition) is 1. The van der Waals surface area contributed by atoms with Crippen LogP contribution in [0.4, 0.5) is 5.95 Å². The van der Waals surface area contributed by atoms with Gasteiger partial charge in [-0.05, 0) is 31.4 Å². The molecule has 1 aromatic heterocycles. The second-order valence-electron chi connectivity index (χ2n) is 5.35. The SMILES string of the molecule is CCCOc1nc(Cl)nc(N2CCC(C)(C(=O)NC)C2)n1. The molecular formula is C13H20ClN5O2. The molecule has 21 heavy (non-hydrogen) atoms. The van der Waals surface area contributed by atoms with Gasteiger partial charge in [0.05, 0.1) is 12.0 Å². The summed E-state index contributed by atoms with van der Waals surface area (Å²) in [4.78, 5) is 26.2. The third kappa shape index (κ3) is 3.53. The third-order valence-corrected chi connectivity index (χ3v) is 3.71. The number of carbonyl (C=O) groups is 1. The first-order valence-electron chi connectivity index (χ1n) is 7.00. The Balaban J connectivity index is 2.16. The van der Waals surface area contributed by atoms with E-state index in [2.05, 4.69) is 20.3 Å². The predicted molar refractivity (Wildman–Crippen MR) is 79.6 cm³/mol. The standard InChI is InChI=1S/C13H20ClN5O2/c1-4-7-21-12-17-10(14)16-11(18-12)19-6-5-13(2,8-19)9(20)15-3/h4-8H2,1-3H3,(H,15,20). The molecule has 1 aliphatic rings. The predicted octanol–water partition coefficient (Wildman–Crippen LogP) is 1.28. The highest BCUT2D eigenvalue weighted by molar-refractivity contribution is 6.28. The minimum absolute atomic E-state index is 0.0209. The highest BCUT2D eigenvalue weighted by atomic mass is 35.5. The summed E-state index contributed by atoms with van der Waals surface area (Å²) in [6.45, 7) is 5.69. The van der Waals surface area contributed by atoms with Crippen LogP contribution in [0.25, 0.3) is 0 Å². The average Bonchev–Trinajstić information content (AvgIpc) is 2.87. The van der Waals surface area contributed by atoms with Gasteiger partial charge in [-0.15, -0.1) is 0 Å². The molecule has 1 unspecified atom stereocenters. The van der Waals surface area contributed by atoms with Crippen molar-refractivity contribution in [3.63, 3.8) is 0 Å². The van der Waals surface area contributed by atoms with Crippen molar-refractivity contribution in [3.8, 4) is 6.01 Å². The van der Waals surface area contributed by atoms with Crippen molar-refractivity contribution in [3.05, 3.63) is 5.28 Å². The number of nitrogens with one attached hydrogen (secondary N) is 1. The zero-order valence-corrected chi connectivity index (χ0v) is 13.3. The summed E-state index contributed by atoms with van der Waals surface area (Å²) in [5.41, 5.74) is -0.446. The molecule has 7 nitrogen and oxygen atoms in total. The van der Waals surface area contributed by atoms with E-state index in [0.29, 0.717) is 25.6 Å². The first-order chi connectivity index (χ1) is 9.98. The lowest BCUT2D eigenvalue weighted by Gasteiger charge is -2.22. The van der Waals surface area contributed by atoms with E-state index in [-0.39, 0.29) is 17.2 Å². The zero-order chi connectivity index (χ0) is 15.5. The fourth-order valence-corrected chi connectivity index (χ4v) is 2.49. The van der Waals surface area contributed by atoms with Crippen molar-refractivity contribution in [2.45, 2.75) is 26.7 Å². The highest BCUT2D eigenvalue weighted by Gasteiger charge is 2.40. The van der Waals surface area contributed by atoms with Gasteiger partial charge in [0, 0.05) is 20.1 Å². The van der Waals surface area contributed by atoms with Crippen LogP contribution in [-0.4, -0.2) is 47.6 Å². The van der Waals surface area contributed by atoms with E-state index in [1.165, 1.54) is 0 Å². The number of ether oxygens (including phenoxy) is 1. The van der Waals surface area contributed by atoms with Crippen molar-refractivity contribution in [1.82, 2.24) is 20.3 Å². The van der Waals surface area contributed by atoms with Crippen molar-refractivity contribution < 1.29 is 9.53 Å². The molecule has 0 aromatic carbocycles. The van der Waals surface area contributed by atoms with E-state index in [4.69, 9.17) is 16.3 Å². The van der Waals surface area contributed by atoms with E-state index in [1.807, 2.05) is 18.7 Å². The number of nitrogens with zero attached hydrogens (tertiary/aromatic N) is 4. The Morgan fingerprint density at radius 3 is 2.90 bits per heavy atom. The van der Waals surface area contributed by atoms with Crippen LogP contribution in [0.5, 0.6) is 6.01 Å². The number of aromatic nitrogens is 3. The number of amides is 1. The summed E-state index contributed by atoms with van der Waals surface area (Å²) in [7, 11) is 1.65. The van der Waals surface area contributed by atoms with Gasteiger partial charge in [-0.2, -0.15) is 15.0 Å². The molecule has 1 N–H and O–H groups in total. The summed E-state index contributed by atoms with van der Waals surface area (Å²) in [6, 6.07) is 0.223. The van der Waals surface area contributed by atoms with Gasteiger partial charge in [0.15, 0.2) is 0 Å². The van der Waals surface area contributed by atoms with Crippen LogP contribution >= 0.6 is 11.6 Å². The van der Waals surface area contributed by atoms with Crippen LogP contribution < -0.4 is 15.0 Å². The van der Waals surface area contributed by atoms with Crippen molar-refractivity contribution >= 4 is 23.5 Å². The quantitative estimate of drug-likeness (QED) is 0.882. The fraction of sp³-hybridized carbons (Fsp3) is 0.692.